The Morgan fingerprint density at radius 3 is 2.74 bits per heavy atom. The number of hydrogen-bond donors (Lipinski definition) is 1. The molecule has 0 radical (unpaired) electrons. The van der Waals surface area contributed by atoms with Gasteiger partial charge in [0.2, 0.25) is 0 Å². The average molecular weight is 332 g/mol. The predicted octanol–water partition coefficient (Wildman–Crippen LogP) is 3.70. The number of amides is 1. The number of rotatable bonds is 4. The van der Waals surface area contributed by atoms with Crippen molar-refractivity contribution in [2.75, 3.05) is 5.32 Å². The van der Waals surface area contributed by atoms with Gasteiger partial charge in [-0.1, -0.05) is 11.6 Å². The van der Waals surface area contributed by atoms with E-state index in [1.807, 2.05) is 0 Å². The molecule has 23 heavy (non-hydrogen) atoms. The Kier molecular flexibility index (Phi) is 4.79. The van der Waals surface area contributed by atoms with Crippen LogP contribution in [0.1, 0.15) is 11.5 Å². The highest BCUT2D eigenvalue weighted by atomic mass is 35.5. The van der Waals surface area contributed by atoms with Crippen LogP contribution in [0.2, 0.25) is 5.02 Å². The summed E-state index contributed by atoms with van der Waals surface area (Å²) in [6, 6.07) is 8.67. The van der Waals surface area contributed by atoms with Crippen LogP contribution in [-0.2, 0) is 4.79 Å². The van der Waals surface area contributed by atoms with Crippen molar-refractivity contribution in [1.29, 1.82) is 5.26 Å². The summed E-state index contributed by atoms with van der Waals surface area (Å²) in [6.07, 6.45) is 1.27. The zero-order chi connectivity index (χ0) is 17.0. The van der Waals surface area contributed by atoms with Crippen LogP contribution in [0.3, 0.4) is 0 Å². The second-order valence-electron chi connectivity index (χ2n) is 4.49. The number of anilines is 1. The average Bonchev–Trinajstić information content (AvgIpc) is 2.91. The standard InChI is InChI=1S/C15H10ClN3O4/c1-9-2-4-12(23-9)6-10(8-17)15(20)18-14-7-11(19(21)22)3-5-13(14)16/h2-7H,1H3,(H,18,20). The number of hydrogen-bond acceptors (Lipinski definition) is 5. The third-order valence-electron chi connectivity index (χ3n) is 2.82. The normalized spacial score (nSPS) is 10.9. The first kappa shape index (κ1) is 16.3. The third kappa shape index (κ3) is 3.96. The number of carbonyl (C=O) groups is 1. The Morgan fingerprint density at radius 1 is 1.43 bits per heavy atom. The molecule has 0 unspecified atom stereocenters. The molecule has 1 amide bonds. The lowest BCUT2D eigenvalue weighted by atomic mass is 10.2. The van der Waals surface area contributed by atoms with E-state index in [-0.39, 0.29) is 22.0 Å². The highest BCUT2D eigenvalue weighted by Gasteiger charge is 2.15. The molecule has 0 aliphatic heterocycles. The number of non-ortho nitro benzene ring substituents is 1. The minimum absolute atomic E-state index is 0.0441. The van der Waals surface area contributed by atoms with Gasteiger partial charge in [-0.2, -0.15) is 5.26 Å². The lowest BCUT2D eigenvalue weighted by Gasteiger charge is -2.06. The molecule has 0 saturated carbocycles. The zero-order valence-corrected chi connectivity index (χ0v) is 12.6. The Morgan fingerprint density at radius 2 is 2.17 bits per heavy atom. The molecule has 0 spiro atoms. The summed E-state index contributed by atoms with van der Waals surface area (Å²) in [5.74, 6) is 0.235. The minimum atomic E-state index is -0.746. The molecule has 0 fully saturated rings. The summed E-state index contributed by atoms with van der Waals surface area (Å²) in [6.45, 7) is 1.73. The van der Waals surface area contributed by atoms with E-state index < -0.39 is 10.8 Å². The number of aryl methyl sites for hydroxylation is 1. The quantitative estimate of drug-likeness (QED) is 0.397. The number of nitrogens with zero attached hydrogens (tertiary/aromatic N) is 2. The zero-order valence-electron chi connectivity index (χ0n) is 11.9. The molecule has 1 aromatic carbocycles. The number of halogens is 1. The lowest BCUT2D eigenvalue weighted by molar-refractivity contribution is -0.384. The summed E-state index contributed by atoms with van der Waals surface area (Å²) >= 11 is 5.90. The summed E-state index contributed by atoms with van der Waals surface area (Å²) < 4.78 is 5.27. The third-order valence-corrected chi connectivity index (χ3v) is 3.15. The lowest BCUT2D eigenvalue weighted by Crippen LogP contribution is -2.13. The van der Waals surface area contributed by atoms with Crippen molar-refractivity contribution in [1.82, 2.24) is 0 Å². The van der Waals surface area contributed by atoms with E-state index in [2.05, 4.69) is 5.32 Å². The van der Waals surface area contributed by atoms with Crippen molar-refractivity contribution < 1.29 is 14.1 Å². The first-order chi connectivity index (χ1) is 10.9. The maximum Gasteiger partial charge on any atom is 0.271 e. The van der Waals surface area contributed by atoms with Gasteiger partial charge in [0.05, 0.1) is 15.6 Å². The highest BCUT2D eigenvalue weighted by molar-refractivity contribution is 6.34. The van der Waals surface area contributed by atoms with E-state index in [1.165, 1.54) is 18.2 Å². The van der Waals surface area contributed by atoms with Crippen LogP contribution < -0.4 is 5.32 Å². The van der Waals surface area contributed by atoms with Crippen molar-refractivity contribution >= 4 is 35.0 Å². The van der Waals surface area contributed by atoms with E-state index in [9.17, 15) is 14.9 Å². The van der Waals surface area contributed by atoms with Crippen LogP contribution in [0, 0.1) is 28.4 Å². The fourth-order valence-electron chi connectivity index (χ4n) is 1.73. The van der Waals surface area contributed by atoms with Crippen LogP contribution in [0.15, 0.2) is 40.3 Å². The summed E-state index contributed by atoms with van der Waals surface area (Å²) in [5.41, 5.74) is -0.404. The Balaban J connectivity index is 2.27. The highest BCUT2D eigenvalue weighted by Crippen LogP contribution is 2.27. The van der Waals surface area contributed by atoms with Crippen molar-refractivity contribution in [2.24, 2.45) is 0 Å². The maximum atomic E-state index is 12.1. The second-order valence-corrected chi connectivity index (χ2v) is 4.90. The molecule has 0 aliphatic rings. The number of nitrogens with one attached hydrogen (secondary N) is 1. The van der Waals surface area contributed by atoms with E-state index >= 15 is 0 Å². The van der Waals surface area contributed by atoms with Crippen molar-refractivity contribution in [2.45, 2.75) is 6.92 Å². The molecule has 2 aromatic rings. The van der Waals surface area contributed by atoms with Crippen LogP contribution in [-0.4, -0.2) is 10.8 Å². The number of benzene rings is 1. The Hall–Kier alpha value is -3.11. The topological polar surface area (TPSA) is 109 Å². The fraction of sp³-hybridized carbons (Fsp3) is 0.0667. The molecule has 1 heterocycles. The molecule has 1 N–H and O–H groups in total. The van der Waals surface area contributed by atoms with Crippen molar-refractivity contribution in [3.63, 3.8) is 0 Å². The van der Waals surface area contributed by atoms with Gasteiger partial charge in [-0.3, -0.25) is 14.9 Å². The number of carbonyl (C=O) groups excluding carboxylic acids is 1. The largest absolute Gasteiger partial charge is 0.462 e. The van der Waals surface area contributed by atoms with Gasteiger partial charge in [0.25, 0.3) is 11.6 Å². The maximum absolute atomic E-state index is 12.1. The monoisotopic (exact) mass is 331 g/mol. The van der Waals surface area contributed by atoms with Crippen LogP contribution >= 0.6 is 11.6 Å². The molecule has 0 aliphatic carbocycles. The Labute approximate surface area is 135 Å². The number of nitro benzene ring substituents is 1. The SMILES string of the molecule is Cc1ccc(C=C(C#N)C(=O)Nc2cc([N+](=O)[O-])ccc2Cl)o1. The van der Waals surface area contributed by atoms with Gasteiger partial charge in [-0.25, -0.2) is 0 Å². The van der Waals surface area contributed by atoms with E-state index in [1.54, 1.807) is 25.1 Å². The van der Waals surface area contributed by atoms with Gasteiger partial charge in [0.15, 0.2) is 0 Å². The Bertz CT molecular complexity index is 849. The van der Waals surface area contributed by atoms with Gasteiger partial charge in [-0.05, 0) is 25.1 Å². The van der Waals surface area contributed by atoms with E-state index in [4.69, 9.17) is 21.3 Å². The van der Waals surface area contributed by atoms with Gasteiger partial charge >= 0.3 is 0 Å². The van der Waals surface area contributed by atoms with Crippen molar-refractivity contribution in [3.8, 4) is 6.07 Å². The van der Waals surface area contributed by atoms with Gasteiger partial charge < -0.3 is 9.73 Å². The summed E-state index contributed by atoms with van der Waals surface area (Å²) in [4.78, 5) is 22.3. The molecular weight excluding hydrogens is 322 g/mol. The first-order valence-corrected chi connectivity index (χ1v) is 6.72. The number of nitriles is 1. The van der Waals surface area contributed by atoms with Crippen LogP contribution in [0.25, 0.3) is 6.08 Å². The van der Waals surface area contributed by atoms with Crippen LogP contribution in [0.4, 0.5) is 11.4 Å². The molecule has 0 bridgehead atoms. The molecule has 116 valence electrons. The molecule has 1 aromatic heterocycles. The molecule has 0 atom stereocenters. The van der Waals surface area contributed by atoms with Gasteiger partial charge in [0.1, 0.15) is 23.2 Å². The van der Waals surface area contributed by atoms with Gasteiger partial charge in [-0.15, -0.1) is 0 Å². The van der Waals surface area contributed by atoms with Crippen molar-refractivity contribution in [3.05, 3.63) is 62.6 Å². The van der Waals surface area contributed by atoms with E-state index in [0.29, 0.717) is 11.5 Å². The smallest absolute Gasteiger partial charge is 0.271 e. The van der Waals surface area contributed by atoms with E-state index in [0.717, 1.165) is 6.07 Å². The number of furan rings is 1. The molecule has 0 saturated heterocycles. The first-order valence-electron chi connectivity index (χ1n) is 6.34. The molecule has 8 heteroatoms. The summed E-state index contributed by atoms with van der Waals surface area (Å²) in [5, 5.41) is 22.3. The molecular formula is C15H10ClN3O4. The predicted molar refractivity (Wildman–Crippen MR) is 83.8 cm³/mol. The van der Waals surface area contributed by atoms with Gasteiger partial charge in [0, 0.05) is 18.2 Å². The van der Waals surface area contributed by atoms with Crippen LogP contribution in [0.5, 0.6) is 0 Å². The summed E-state index contributed by atoms with van der Waals surface area (Å²) in [7, 11) is 0. The molecule has 2 rings (SSSR count). The second kappa shape index (κ2) is 6.77. The fourth-order valence-corrected chi connectivity index (χ4v) is 1.90. The number of nitro groups is 1. The minimum Gasteiger partial charge on any atom is -0.462 e. The molecule has 7 nitrogen and oxygen atoms in total.